The van der Waals surface area contributed by atoms with Crippen LogP contribution in [0.15, 0.2) is 48.7 Å². The zero-order valence-electron chi connectivity index (χ0n) is 11.0. The molecule has 1 heterocycles. The number of hydrogen-bond acceptors (Lipinski definition) is 4. The molecule has 110 valence electrons. The summed E-state index contributed by atoms with van der Waals surface area (Å²) in [6.45, 7) is 0. The van der Waals surface area contributed by atoms with E-state index in [1.807, 2.05) is 0 Å². The summed E-state index contributed by atoms with van der Waals surface area (Å²) in [5, 5.41) is 12.3. The van der Waals surface area contributed by atoms with Gasteiger partial charge in [-0.1, -0.05) is 35.3 Å². The van der Waals surface area contributed by atoms with E-state index in [2.05, 4.69) is 4.98 Å². The number of rotatable bonds is 3. The zero-order chi connectivity index (χ0) is 15.7. The van der Waals surface area contributed by atoms with Gasteiger partial charge in [-0.15, -0.1) is 0 Å². The summed E-state index contributed by atoms with van der Waals surface area (Å²) in [6.07, 6.45) is 1.53. The molecule has 0 fully saturated rings. The molecule has 0 aliphatic heterocycles. The van der Waals surface area contributed by atoms with Crippen molar-refractivity contribution in [1.82, 2.24) is 4.98 Å². The van der Waals surface area contributed by atoms with E-state index in [0.29, 0.717) is 21.7 Å². The number of aromatic nitrogens is 1. The van der Waals surface area contributed by atoms with E-state index in [-0.39, 0.29) is 16.5 Å². The van der Waals surface area contributed by atoms with Crippen molar-refractivity contribution >= 4 is 39.8 Å². The fourth-order valence-electron chi connectivity index (χ4n) is 2.08. The Balaban J connectivity index is 2.14. The number of benzene rings is 2. The lowest BCUT2D eigenvalue weighted by atomic mass is 10.2. The van der Waals surface area contributed by atoms with E-state index >= 15 is 0 Å². The molecule has 0 radical (unpaired) electrons. The van der Waals surface area contributed by atoms with Gasteiger partial charge in [0, 0.05) is 11.6 Å². The van der Waals surface area contributed by atoms with Crippen LogP contribution in [-0.4, -0.2) is 9.91 Å². The van der Waals surface area contributed by atoms with E-state index in [9.17, 15) is 10.1 Å². The van der Waals surface area contributed by atoms with Gasteiger partial charge in [0.05, 0.1) is 15.5 Å². The molecule has 3 aromatic rings. The highest BCUT2D eigenvalue weighted by Gasteiger charge is 2.21. The minimum Gasteiger partial charge on any atom is -0.449 e. The molecule has 1 aromatic heterocycles. The maximum atomic E-state index is 11.2. The van der Waals surface area contributed by atoms with Crippen molar-refractivity contribution in [2.24, 2.45) is 0 Å². The van der Waals surface area contributed by atoms with Crippen molar-refractivity contribution in [3.8, 4) is 11.5 Å². The minimum atomic E-state index is -0.575. The third-order valence-corrected chi connectivity index (χ3v) is 3.64. The summed E-state index contributed by atoms with van der Waals surface area (Å²) in [5.74, 6) is 0.475. The Morgan fingerprint density at radius 2 is 1.73 bits per heavy atom. The molecule has 0 atom stereocenters. The minimum absolute atomic E-state index is 0.0129. The van der Waals surface area contributed by atoms with Gasteiger partial charge in [-0.05, 0) is 30.3 Å². The van der Waals surface area contributed by atoms with E-state index in [1.165, 1.54) is 18.3 Å². The van der Waals surface area contributed by atoms with E-state index in [0.717, 1.165) is 0 Å². The lowest BCUT2D eigenvalue weighted by Gasteiger charge is -2.10. The van der Waals surface area contributed by atoms with Gasteiger partial charge in [0.15, 0.2) is 0 Å². The number of fused-ring (bicyclic) bond motifs is 1. The Morgan fingerprint density at radius 3 is 2.50 bits per heavy atom. The number of para-hydroxylation sites is 2. The summed E-state index contributed by atoms with van der Waals surface area (Å²) < 4.78 is 5.70. The molecule has 0 aliphatic carbocycles. The summed E-state index contributed by atoms with van der Waals surface area (Å²) in [7, 11) is 0. The first kappa shape index (κ1) is 14.6. The number of hydrogen-bond donors (Lipinski definition) is 0. The molecule has 22 heavy (non-hydrogen) atoms. The maximum Gasteiger partial charge on any atom is 0.329 e. The second-order valence-electron chi connectivity index (χ2n) is 4.39. The molecule has 0 amide bonds. The van der Waals surface area contributed by atoms with Crippen LogP contribution in [0.1, 0.15) is 0 Å². The van der Waals surface area contributed by atoms with Gasteiger partial charge < -0.3 is 4.74 Å². The summed E-state index contributed by atoms with van der Waals surface area (Å²) in [5.41, 5.74) is 0.280. The van der Waals surface area contributed by atoms with Crippen LogP contribution in [0.2, 0.25) is 10.0 Å². The molecule has 2 aromatic carbocycles. The standard InChI is InChI=1S/C15H8Cl2N2O3/c16-10-4-1-3-9-12(7-8-18-14(9)10)22-13-6-2-5-11(17)15(13)19(20)21/h1-8H. The number of nitro benzene ring substituents is 1. The van der Waals surface area contributed by atoms with Gasteiger partial charge >= 0.3 is 5.69 Å². The summed E-state index contributed by atoms with van der Waals surface area (Å²) in [6, 6.07) is 11.4. The average Bonchev–Trinajstić information content (AvgIpc) is 2.48. The Morgan fingerprint density at radius 1 is 1.00 bits per heavy atom. The first-order valence-corrected chi connectivity index (χ1v) is 6.97. The molecule has 0 aliphatic rings. The van der Waals surface area contributed by atoms with Crippen LogP contribution < -0.4 is 4.74 Å². The number of pyridine rings is 1. The first-order chi connectivity index (χ1) is 10.6. The molecule has 0 bridgehead atoms. The van der Waals surface area contributed by atoms with Crippen molar-refractivity contribution in [2.45, 2.75) is 0 Å². The molecular formula is C15H8Cl2N2O3. The van der Waals surface area contributed by atoms with Crippen molar-refractivity contribution < 1.29 is 9.66 Å². The molecule has 0 unspecified atom stereocenters. The monoisotopic (exact) mass is 334 g/mol. The molecular weight excluding hydrogens is 327 g/mol. The highest BCUT2D eigenvalue weighted by molar-refractivity contribution is 6.35. The van der Waals surface area contributed by atoms with Crippen molar-refractivity contribution in [2.75, 3.05) is 0 Å². The quantitative estimate of drug-likeness (QED) is 0.485. The average molecular weight is 335 g/mol. The fourth-order valence-corrected chi connectivity index (χ4v) is 2.54. The molecule has 0 spiro atoms. The van der Waals surface area contributed by atoms with Crippen LogP contribution in [0, 0.1) is 10.1 Å². The van der Waals surface area contributed by atoms with E-state index in [1.54, 1.807) is 30.3 Å². The predicted octanol–water partition coefficient (Wildman–Crippen LogP) is 5.24. The molecule has 0 saturated carbocycles. The van der Waals surface area contributed by atoms with Crippen LogP contribution in [0.3, 0.4) is 0 Å². The second kappa shape index (κ2) is 5.79. The highest BCUT2D eigenvalue weighted by atomic mass is 35.5. The van der Waals surface area contributed by atoms with Gasteiger partial charge in [-0.25, -0.2) is 0 Å². The lowest BCUT2D eigenvalue weighted by molar-refractivity contribution is -0.385. The molecule has 0 N–H and O–H groups in total. The van der Waals surface area contributed by atoms with Crippen molar-refractivity contribution in [3.05, 3.63) is 68.8 Å². The van der Waals surface area contributed by atoms with Crippen LogP contribution in [0.25, 0.3) is 10.9 Å². The lowest BCUT2D eigenvalue weighted by Crippen LogP contribution is -1.95. The van der Waals surface area contributed by atoms with Crippen LogP contribution in [0.4, 0.5) is 5.69 Å². The molecule has 5 nitrogen and oxygen atoms in total. The first-order valence-electron chi connectivity index (χ1n) is 6.22. The Hall–Kier alpha value is -2.37. The number of nitrogens with zero attached hydrogens (tertiary/aromatic N) is 2. The van der Waals surface area contributed by atoms with Crippen LogP contribution >= 0.6 is 23.2 Å². The second-order valence-corrected chi connectivity index (χ2v) is 5.21. The van der Waals surface area contributed by atoms with Crippen LogP contribution in [0.5, 0.6) is 11.5 Å². The largest absolute Gasteiger partial charge is 0.449 e. The maximum absolute atomic E-state index is 11.2. The Labute approximate surface area is 135 Å². The van der Waals surface area contributed by atoms with Gasteiger partial charge in [0.2, 0.25) is 5.75 Å². The normalized spacial score (nSPS) is 10.6. The smallest absolute Gasteiger partial charge is 0.329 e. The predicted molar refractivity (Wildman–Crippen MR) is 84.9 cm³/mol. The molecule has 3 rings (SSSR count). The summed E-state index contributed by atoms with van der Waals surface area (Å²) in [4.78, 5) is 14.8. The van der Waals surface area contributed by atoms with Crippen LogP contribution in [-0.2, 0) is 0 Å². The fraction of sp³-hybridized carbons (Fsp3) is 0. The highest BCUT2D eigenvalue weighted by Crippen LogP contribution is 2.39. The Bertz CT molecular complexity index is 884. The third kappa shape index (κ3) is 2.56. The van der Waals surface area contributed by atoms with E-state index < -0.39 is 4.92 Å². The molecule has 0 saturated heterocycles. The topological polar surface area (TPSA) is 65.3 Å². The molecule has 7 heteroatoms. The third-order valence-electron chi connectivity index (χ3n) is 3.03. The zero-order valence-corrected chi connectivity index (χ0v) is 12.5. The SMILES string of the molecule is O=[N+]([O-])c1c(Cl)cccc1Oc1ccnc2c(Cl)cccc12. The van der Waals surface area contributed by atoms with Gasteiger partial charge in [0.25, 0.3) is 0 Å². The van der Waals surface area contributed by atoms with Crippen molar-refractivity contribution in [3.63, 3.8) is 0 Å². The number of ether oxygens (including phenoxy) is 1. The summed E-state index contributed by atoms with van der Waals surface area (Å²) >= 11 is 12.0. The van der Waals surface area contributed by atoms with Gasteiger partial charge in [-0.3, -0.25) is 15.1 Å². The van der Waals surface area contributed by atoms with Gasteiger partial charge in [0.1, 0.15) is 10.8 Å². The Kier molecular flexibility index (Phi) is 3.83. The number of nitro groups is 1. The van der Waals surface area contributed by atoms with Gasteiger partial charge in [-0.2, -0.15) is 0 Å². The number of halogens is 2. The van der Waals surface area contributed by atoms with E-state index in [4.69, 9.17) is 27.9 Å². The van der Waals surface area contributed by atoms with Crippen molar-refractivity contribution in [1.29, 1.82) is 0 Å².